The first-order valence-corrected chi connectivity index (χ1v) is 7.60. The summed E-state index contributed by atoms with van der Waals surface area (Å²) < 4.78 is 10.4. The lowest BCUT2D eigenvalue weighted by molar-refractivity contribution is -0.111. The Bertz CT molecular complexity index is 783. The molecule has 0 bridgehead atoms. The van der Waals surface area contributed by atoms with Crippen LogP contribution >= 0.6 is 0 Å². The van der Waals surface area contributed by atoms with Crippen LogP contribution in [0.1, 0.15) is 15.9 Å². The Morgan fingerprint density at radius 1 is 0.960 bits per heavy atom. The molecule has 25 heavy (non-hydrogen) atoms. The minimum atomic E-state index is -0.275. The van der Waals surface area contributed by atoms with Crippen molar-refractivity contribution in [3.63, 3.8) is 0 Å². The lowest BCUT2D eigenvalue weighted by Gasteiger charge is -2.09. The fourth-order valence-corrected chi connectivity index (χ4v) is 2.16. The average molecular weight is 340 g/mol. The molecule has 0 aromatic heterocycles. The Morgan fingerprint density at radius 2 is 1.64 bits per heavy atom. The number of amides is 2. The highest BCUT2D eigenvalue weighted by molar-refractivity contribution is 6.02. The summed E-state index contributed by atoms with van der Waals surface area (Å²) in [5.74, 6) is 0.700. The molecule has 130 valence electrons. The Morgan fingerprint density at radius 3 is 2.24 bits per heavy atom. The Hall–Kier alpha value is -3.28. The van der Waals surface area contributed by atoms with Crippen LogP contribution in [-0.4, -0.2) is 33.1 Å². The van der Waals surface area contributed by atoms with Gasteiger partial charge >= 0.3 is 0 Å². The molecule has 6 heteroatoms. The van der Waals surface area contributed by atoms with Crippen molar-refractivity contribution in [2.45, 2.75) is 0 Å². The predicted octanol–water partition coefficient (Wildman–Crippen LogP) is 2.72. The van der Waals surface area contributed by atoms with Crippen molar-refractivity contribution in [1.29, 1.82) is 0 Å². The summed E-state index contributed by atoms with van der Waals surface area (Å²) in [5, 5.41) is 5.31. The highest BCUT2D eigenvalue weighted by Crippen LogP contribution is 2.29. The summed E-state index contributed by atoms with van der Waals surface area (Å²) in [6, 6.07) is 12.1. The third-order valence-corrected chi connectivity index (χ3v) is 3.48. The smallest absolute Gasteiger partial charge is 0.251 e. The number of nitrogens with one attached hydrogen (secondary N) is 2. The van der Waals surface area contributed by atoms with E-state index < -0.39 is 0 Å². The fourth-order valence-electron chi connectivity index (χ4n) is 2.16. The van der Waals surface area contributed by atoms with Crippen molar-refractivity contribution < 1.29 is 19.1 Å². The van der Waals surface area contributed by atoms with Gasteiger partial charge in [-0.15, -0.1) is 0 Å². The van der Waals surface area contributed by atoms with Crippen molar-refractivity contribution in [1.82, 2.24) is 5.32 Å². The lowest BCUT2D eigenvalue weighted by Crippen LogP contribution is -2.17. The summed E-state index contributed by atoms with van der Waals surface area (Å²) in [5.41, 5.74) is 1.98. The van der Waals surface area contributed by atoms with E-state index in [1.807, 2.05) is 0 Å². The molecule has 2 amide bonds. The van der Waals surface area contributed by atoms with Gasteiger partial charge in [-0.3, -0.25) is 9.59 Å². The van der Waals surface area contributed by atoms with Gasteiger partial charge in [0.1, 0.15) is 0 Å². The molecular formula is C19H20N2O4. The number of rotatable bonds is 6. The Kier molecular flexibility index (Phi) is 6.17. The maximum absolute atomic E-state index is 12.0. The number of carbonyl (C=O) groups is 2. The molecule has 0 heterocycles. The number of anilines is 1. The number of ether oxygens (including phenoxy) is 2. The van der Waals surface area contributed by atoms with Gasteiger partial charge in [0.15, 0.2) is 11.5 Å². The SMILES string of the molecule is CNC(=O)c1ccc(/C=C/C(=O)Nc2ccc(OC)c(OC)c2)cc1. The molecule has 2 N–H and O–H groups in total. The van der Waals surface area contributed by atoms with Gasteiger partial charge in [-0.1, -0.05) is 12.1 Å². The quantitative estimate of drug-likeness (QED) is 0.793. The van der Waals surface area contributed by atoms with Crippen LogP contribution in [0.4, 0.5) is 5.69 Å². The summed E-state index contributed by atoms with van der Waals surface area (Å²) in [7, 11) is 4.66. The molecular weight excluding hydrogens is 320 g/mol. The molecule has 0 aliphatic carbocycles. The minimum absolute atomic E-state index is 0.151. The zero-order valence-electron chi connectivity index (χ0n) is 14.3. The molecule has 6 nitrogen and oxygen atoms in total. The van der Waals surface area contributed by atoms with Gasteiger partial charge < -0.3 is 20.1 Å². The predicted molar refractivity (Wildman–Crippen MR) is 97.0 cm³/mol. The zero-order valence-corrected chi connectivity index (χ0v) is 14.3. The number of carbonyl (C=O) groups excluding carboxylic acids is 2. The largest absolute Gasteiger partial charge is 0.493 e. The summed E-state index contributed by atoms with van der Waals surface area (Å²) in [6.45, 7) is 0. The van der Waals surface area contributed by atoms with Crippen molar-refractivity contribution in [2.24, 2.45) is 0 Å². The van der Waals surface area contributed by atoms with Crippen LogP contribution in [0.3, 0.4) is 0 Å². The second-order valence-corrected chi connectivity index (χ2v) is 5.09. The first-order chi connectivity index (χ1) is 12.1. The number of hydrogen-bond acceptors (Lipinski definition) is 4. The van der Waals surface area contributed by atoms with Crippen LogP contribution in [0, 0.1) is 0 Å². The number of methoxy groups -OCH3 is 2. The van der Waals surface area contributed by atoms with E-state index in [1.165, 1.54) is 13.2 Å². The van der Waals surface area contributed by atoms with Crippen LogP contribution in [0.25, 0.3) is 6.08 Å². The molecule has 0 unspecified atom stereocenters. The topological polar surface area (TPSA) is 76.7 Å². The van der Waals surface area contributed by atoms with Crippen LogP contribution in [-0.2, 0) is 4.79 Å². The van der Waals surface area contributed by atoms with Gasteiger partial charge in [-0.05, 0) is 35.9 Å². The molecule has 0 spiro atoms. The first kappa shape index (κ1) is 18.1. The molecule has 0 fully saturated rings. The molecule has 0 saturated heterocycles. The van der Waals surface area contributed by atoms with Crippen LogP contribution < -0.4 is 20.1 Å². The van der Waals surface area contributed by atoms with Crippen molar-refractivity contribution in [3.8, 4) is 11.5 Å². The fraction of sp³-hybridized carbons (Fsp3) is 0.158. The molecule has 2 aromatic carbocycles. The van der Waals surface area contributed by atoms with Gasteiger partial charge in [0.05, 0.1) is 14.2 Å². The summed E-state index contributed by atoms with van der Waals surface area (Å²) in [4.78, 5) is 23.5. The summed E-state index contributed by atoms with van der Waals surface area (Å²) in [6.07, 6.45) is 3.09. The molecule has 0 atom stereocenters. The van der Waals surface area contributed by atoms with E-state index in [4.69, 9.17) is 9.47 Å². The van der Waals surface area contributed by atoms with Crippen LogP contribution in [0.5, 0.6) is 11.5 Å². The van der Waals surface area contributed by atoms with Crippen molar-refractivity contribution in [2.75, 3.05) is 26.6 Å². The van der Waals surface area contributed by atoms with Gasteiger partial charge in [0.2, 0.25) is 5.91 Å². The molecule has 0 saturated carbocycles. The maximum atomic E-state index is 12.0. The zero-order chi connectivity index (χ0) is 18.2. The van der Waals surface area contributed by atoms with E-state index in [-0.39, 0.29) is 11.8 Å². The Balaban J connectivity index is 2.02. The van der Waals surface area contributed by atoms with Crippen molar-refractivity contribution in [3.05, 3.63) is 59.7 Å². The second kappa shape index (κ2) is 8.54. The van der Waals surface area contributed by atoms with E-state index in [0.717, 1.165) is 5.56 Å². The van der Waals surface area contributed by atoms with Crippen molar-refractivity contribution >= 4 is 23.6 Å². The van der Waals surface area contributed by atoms with Crippen LogP contribution in [0.15, 0.2) is 48.5 Å². The van der Waals surface area contributed by atoms with E-state index in [1.54, 1.807) is 62.7 Å². The van der Waals surface area contributed by atoms with E-state index in [9.17, 15) is 9.59 Å². The highest BCUT2D eigenvalue weighted by atomic mass is 16.5. The maximum Gasteiger partial charge on any atom is 0.251 e. The third-order valence-electron chi connectivity index (χ3n) is 3.48. The lowest BCUT2D eigenvalue weighted by atomic mass is 10.1. The van der Waals surface area contributed by atoms with Gasteiger partial charge in [0.25, 0.3) is 5.91 Å². The minimum Gasteiger partial charge on any atom is -0.493 e. The van der Waals surface area contributed by atoms with Gasteiger partial charge in [-0.2, -0.15) is 0 Å². The number of benzene rings is 2. The molecule has 2 rings (SSSR count). The van der Waals surface area contributed by atoms with Gasteiger partial charge in [0, 0.05) is 30.4 Å². The average Bonchev–Trinajstić information content (AvgIpc) is 2.66. The normalized spacial score (nSPS) is 10.4. The van der Waals surface area contributed by atoms with E-state index in [2.05, 4.69) is 10.6 Å². The monoisotopic (exact) mass is 340 g/mol. The molecule has 0 aliphatic heterocycles. The second-order valence-electron chi connectivity index (χ2n) is 5.09. The standard InChI is InChI=1S/C19H20N2O4/c1-20-19(23)14-7-4-13(5-8-14)6-11-18(22)21-15-9-10-16(24-2)17(12-15)25-3/h4-12H,1-3H3,(H,20,23)(H,21,22)/b11-6+. The first-order valence-electron chi connectivity index (χ1n) is 7.60. The molecule has 2 aromatic rings. The third kappa shape index (κ3) is 4.84. The highest BCUT2D eigenvalue weighted by Gasteiger charge is 2.06. The summed E-state index contributed by atoms with van der Waals surface area (Å²) >= 11 is 0. The Labute approximate surface area is 146 Å². The number of hydrogen-bond donors (Lipinski definition) is 2. The van der Waals surface area contributed by atoms with E-state index in [0.29, 0.717) is 22.7 Å². The van der Waals surface area contributed by atoms with Crippen LogP contribution in [0.2, 0.25) is 0 Å². The van der Waals surface area contributed by atoms with E-state index >= 15 is 0 Å². The molecule has 0 aliphatic rings. The molecule has 0 radical (unpaired) electrons. The van der Waals surface area contributed by atoms with Gasteiger partial charge in [-0.25, -0.2) is 0 Å².